The van der Waals surface area contributed by atoms with E-state index in [9.17, 15) is 0 Å². The summed E-state index contributed by atoms with van der Waals surface area (Å²) in [5, 5.41) is 7.99. The Bertz CT molecular complexity index is 553. The highest BCUT2D eigenvalue weighted by atomic mass is 35.5. The fourth-order valence-electron chi connectivity index (χ4n) is 1.59. The van der Waals surface area contributed by atoms with Crippen LogP contribution in [0.2, 0.25) is 10.0 Å². The Morgan fingerprint density at radius 2 is 1.63 bits per heavy atom. The van der Waals surface area contributed by atoms with Gasteiger partial charge in [-0.05, 0) is 48.1 Å². The molecule has 0 amide bonds. The van der Waals surface area contributed by atoms with E-state index in [0.29, 0.717) is 21.7 Å². The number of nitrogens with one attached hydrogen (secondary N) is 2. The van der Waals surface area contributed by atoms with E-state index < -0.39 is 0 Å². The van der Waals surface area contributed by atoms with Crippen molar-refractivity contribution < 1.29 is 0 Å². The largest absolute Gasteiger partial charge is 0.358 e. The molecule has 2 aromatic carbocycles. The molecular formula is C14H12Cl2N2S. The van der Waals surface area contributed by atoms with Crippen LogP contribution in [0.5, 0.6) is 0 Å². The summed E-state index contributed by atoms with van der Waals surface area (Å²) in [7, 11) is 0. The number of halogens is 2. The second-order valence-corrected chi connectivity index (χ2v) is 5.23. The quantitative estimate of drug-likeness (QED) is 0.817. The molecule has 0 aliphatic rings. The van der Waals surface area contributed by atoms with Crippen LogP contribution >= 0.6 is 35.4 Å². The normalized spacial score (nSPS) is 10.0. The van der Waals surface area contributed by atoms with Crippen molar-refractivity contribution >= 4 is 46.2 Å². The van der Waals surface area contributed by atoms with Crippen LogP contribution in [-0.2, 0) is 6.54 Å². The molecule has 0 aliphatic heterocycles. The maximum absolute atomic E-state index is 5.93. The maximum Gasteiger partial charge on any atom is 0.171 e. The maximum atomic E-state index is 5.93. The highest BCUT2D eigenvalue weighted by molar-refractivity contribution is 7.80. The molecule has 0 radical (unpaired) electrons. The second-order valence-electron chi connectivity index (χ2n) is 3.95. The van der Waals surface area contributed by atoms with Gasteiger partial charge in [-0.25, -0.2) is 0 Å². The molecule has 0 aromatic heterocycles. The van der Waals surface area contributed by atoms with E-state index >= 15 is 0 Å². The van der Waals surface area contributed by atoms with Gasteiger partial charge in [0.1, 0.15) is 0 Å². The van der Waals surface area contributed by atoms with Gasteiger partial charge in [0.2, 0.25) is 0 Å². The highest BCUT2D eigenvalue weighted by Crippen LogP contribution is 2.18. The predicted molar refractivity (Wildman–Crippen MR) is 86.0 cm³/mol. The Labute approximate surface area is 127 Å². The zero-order valence-corrected chi connectivity index (χ0v) is 12.3. The lowest BCUT2D eigenvalue weighted by atomic mass is 10.2. The number of benzene rings is 2. The number of para-hydroxylation sites is 1. The van der Waals surface area contributed by atoms with Crippen molar-refractivity contribution in [1.29, 1.82) is 0 Å². The van der Waals surface area contributed by atoms with E-state index in [2.05, 4.69) is 10.6 Å². The Morgan fingerprint density at radius 1 is 1.00 bits per heavy atom. The van der Waals surface area contributed by atoms with Gasteiger partial charge in [-0.2, -0.15) is 0 Å². The summed E-state index contributed by atoms with van der Waals surface area (Å²) >= 11 is 17.1. The first-order valence-electron chi connectivity index (χ1n) is 5.68. The standard InChI is InChI=1S/C14H12Cl2N2S/c15-11-6-10(7-12(16)8-11)9-17-14(19)18-13-4-2-1-3-5-13/h1-8H,9H2,(H2,17,18,19). The van der Waals surface area contributed by atoms with Crippen LogP contribution in [0.1, 0.15) is 5.56 Å². The molecule has 0 fully saturated rings. The second kappa shape index (κ2) is 6.75. The molecule has 2 aromatic rings. The van der Waals surface area contributed by atoms with Gasteiger partial charge < -0.3 is 10.6 Å². The fourth-order valence-corrected chi connectivity index (χ4v) is 2.35. The molecule has 2 N–H and O–H groups in total. The average molecular weight is 311 g/mol. The smallest absolute Gasteiger partial charge is 0.171 e. The van der Waals surface area contributed by atoms with Crippen LogP contribution in [0, 0.1) is 0 Å². The number of hydrogen-bond donors (Lipinski definition) is 2. The Hall–Kier alpha value is -1.29. The lowest BCUT2D eigenvalue weighted by molar-refractivity contribution is 0.926. The Kier molecular flexibility index (Phi) is 5.02. The van der Waals surface area contributed by atoms with Gasteiger partial charge >= 0.3 is 0 Å². The average Bonchev–Trinajstić information content (AvgIpc) is 2.36. The van der Waals surface area contributed by atoms with E-state index in [1.165, 1.54) is 0 Å². The van der Waals surface area contributed by atoms with Crippen molar-refractivity contribution in [2.45, 2.75) is 6.54 Å². The lowest BCUT2D eigenvalue weighted by Crippen LogP contribution is -2.27. The third kappa shape index (κ3) is 4.71. The summed E-state index contributed by atoms with van der Waals surface area (Å²) in [6, 6.07) is 15.2. The van der Waals surface area contributed by atoms with Crippen LogP contribution in [0.4, 0.5) is 5.69 Å². The molecular weight excluding hydrogens is 299 g/mol. The van der Waals surface area contributed by atoms with Gasteiger partial charge in [-0.1, -0.05) is 41.4 Å². The van der Waals surface area contributed by atoms with Crippen molar-refractivity contribution in [3.8, 4) is 0 Å². The van der Waals surface area contributed by atoms with Gasteiger partial charge in [0.05, 0.1) is 0 Å². The first-order chi connectivity index (χ1) is 9.13. The summed E-state index contributed by atoms with van der Waals surface area (Å²) in [5.41, 5.74) is 1.93. The molecule has 2 nitrogen and oxygen atoms in total. The zero-order chi connectivity index (χ0) is 13.7. The van der Waals surface area contributed by atoms with Gasteiger partial charge in [-0.3, -0.25) is 0 Å². The number of rotatable bonds is 3. The summed E-state index contributed by atoms with van der Waals surface area (Å²) in [4.78, 5) is 0. The minimum atomic E-state index is 0.558. The molecule has 0 atom stereocenters. The Balaban J connectivity index is 1.90. The molecule has 0 spiro atoms. The van der Waals surface area contributed by atoms with Gasteiger partial charge in [-0.15, -0.1) is 0 Å². The monoisotopic (exact) mass is 310 g/mol. The molecule has 98 valence electrons. The molecule has 19 heavy (non-hydrogen) atoms. The van der Waals surface area contributed by atoms with E-state index in [-0.39, 0.29) is 0 Å². The number of hydrogen-bond acceptors (Lipinski definition) is 1. The van der Waals surface area contributed by atoms with Crippen molar-refractivity contribution in [2.24, 2.45) is 0 Å². The van der Waals surface area contributed by atoms with Crippen molar-refractivity contribution in [2.75, 3.05) is 5.32 Å². The summed E-state index contributed by atoms with van der Waals surface area (Å²) < 4.78 is 0. The summed E-state index contributed by atoms with van der Waals surface area (Å²) in [6.45, 7) is 0.568. The van der Waals surface area contributed by atoms with Crippen LogP contribution in [0.15, 0.2) is 48.5 Å². The minimum absolute atomic E-state index is 0.558. The fraction of sp³-hybridized carbons (Fsp3) is 0.0714. The predicted octanol–water partition coefficient (Wildman–Crippen LogP) is 4.48. The third-order valence-corrected chi connectivity index (χ3v) is 3.09. The van der Waals surface area contributed by atoms with Crippen LogP contribution < -0.4 is 10.6 Å². The number of anilines is 1. The van der Waals surface area contributed by atoms with Gasteiger partial charge in [0, 0.05) is 22.3 Å². The molecule has 0 bridgehead atoms. The number of thiocarbonyl (C=S) groups is 1. The van der Waals surface area contributed by atoms with Gasteiger partial charge in [0.15, 0.2) is 5.11 Å². The van der Waals surface area contributed by atoms with E-state index in [4.69, 9.17) is 35.4 Å². The zero-order valence-electron chi connectivity index (χ0n) is 9.99. The first kappa shape index (κ1) is 14.1. The van der Waals surface area contributed by atoms with Crippen LogP contribution in [0.3, 0.4) is 0 Å². The summed E-state index contributed by atoms with van der Waals surface area (Å²) in [6.07, 6.45) is 0. The van der Waals surface area contributed by atoms with Crippen molar-refractivity contribution in [1.82, 2.24) is 5.32 Å². The lowest BCUT2D eigenvalue weighted by Gasteiger charge is -2.11. The molecule has 0 unspecified atom stereocenters. The van der Waals surface area contributed by atoms with E-state index in [1.807, 2.05) is 42.5 Å². The van der Waals surface area contributed by atoms with Crippen molar-refractivity contribution in [3.05, 3.63) is 64.1 Å². The minimum Gasteiger partial charge on any atom is -0.358 e. The SMILES string of the molecule is S=C(NCc1cc(Cl)cc(Cl)c1)Nc1ccccc1. The van der Waals surface area contributed by atoms with Crippen molar-refractivity contribution in [3.63, 3.8) is 0 Å². The van der Waals surface area contributed by atoms with E-state index in [1.54, 1.807) is 6.07 Å². The van der Waals surface area contributed by atoms with Crippen LogP contribution in [0.25, 0.3) is 0 Å². The first-order valence-corrected chi connectivity index (χ1v) is 6.85. The molecule has 0 saturated heterocycles. The van der Waals surface area contributed by atoms with Crippen LogP contribution in [-0.4, -0.2) is 5.11 Å². The molecule has 0 aliphatic carbocycles. The molecule has 0 heterocycles. The topological polar surface area (TPSA) is 24.1 Å². The molecule has 0 saturated carbocycles. The molecule has 2 rings (SSSR count). The third-order valence-electron chi connectivity index (χ3n) is 2.41. The Morgan fingerprint density at radius 3 is 2.26 bits per heavy atom. The molecule has 5 heteroatoms. The summed E-state index contributed by atoms with van der Waals surface area (Å²) in [5.74, 6) is 0. The van der Waals surface area contributed by atoms with Gasteiger partial charge in [0.25, 0.3) is 0 Å². The highest BCUT2D eigenvalue weighted by Gasteiger charge is 2.00. The van der Waals surface area contributed by atoms with E-state index in [0.717, 1.165) is 11.3 Å².